The Kier molecular flexibility index (Phi) is 4.26. The molecule has 0 aromatic rings. The number of hydrogen-bond acceptors (Lipinski definition) is 6. The highest BCUT2D eigenvalue weighted by molar-refractivity contribution is 8.09. The average Bonchev–Trinajstić information content (AvgIpc) is 2.60. The molecule has 0 bridgehead atoms. The van der Waals surface area contributed by atoms with Crippen LogP contribution in [0.2, 0.25) is 0 Å². The first-order chi connectivity index (χ1) is 8.32. The maximum atomic E-state index is 12.3. The Labute approximate surface area is 108 Å². The predicted octanol–water partition coefficient (Wildman–Crippen LogP) is 0.181. The van der Waals surface area contributed by atoms with Crippen LogP contribution in [0.25, 0.3) is 0 Å². The first kappa shape index (κ1) is 16.7. The highest BCUT2D eigenvalue weighted by atomic mass is 32.3. The molecule has 0 aliphatic carbocycles. The number of halogens is 3. The molecule has 1 rings (SSSR count). The van der Waals surface area contributed by atoms with E-state index in [1.807, 2.05) is 0 Å². The van der Waals surface area contributed by atoms with Crippen LogP contribution in [0, 0.1) is 0 Å². The van der Waals surface area contributed by atoms with Gasteiger partial charge in [0, 0.05) is 6.42 Å². The van der Waals surface area contributed by atoms with Crippen molar-refractivity contribution < 1.29 is 39.9 Å². The summed E-state index contributed by atoms with van der Waals surface area (Å²) in [6.07, 6.45) is 0.261. The largest absolute Gasteiger partial charge is 0.498 e. The second-order valence-electron chi connectivity index (χ2n) is 4.26. The maximum Gasteiger partial charge on any atom is 0.498 e. The Bertz CT molecular complexity index is 529. The molecule has 0 amide bonds. The Morgan fingerprint density at radius 1 is 1.32 bits per heavy atom. The van der Waals surface area contributed by atoms with Crippen molar-refractivity contribution in [3.05, 3.63) is 0 Å². The Hall–Kier alpha value is -0.390. The summed E-state index contributed by atoms with van der Waals surface area (Å²) in [4.78, 5) is 0. The van der Waals surface area contributed by atoms with Crippen molar-refractivity contribution in [3.8, 4) is 0 Å². The van der Waals surface area contributed by atoms with Crippen LogP contribution in [0.15, 0.2) is 0 Å². The Morgan fingerprint density at radius 2 is 1.84 bits per heavy atom. The zero-order valence-corrected chi connectivity index (χ0v) is 11.5. The molecule has 2 unspecified atom stereocenters. The summed E-state index contributed by atoms with van der Waals surface area (Å²) in [6.45, 7) is 0.489. The highest BCUT2D eigenvalue weighted by Gasteiger charge is 2.54. The van der Waals surface area contributed by atoms with E-state index in [1.165, 1.54) is 0 Å². The fraction of sp³-hybridized carbons (Fsp3) is 1.00. The number of sulfone groups is 2. The third-order valence-electron chi connectivity index (χ3n) is 2.77. The predicted molar refractivity (Wildman–Crippen MR) is 58.4 cm³/mol. The number of ether oxygens (including phenoxy) is 1. The van der Waals surface area contributed by atoms with Crippen LogP contribution in [0.3, 0.4) is 0 Å². The molecule has 0 radical (unpaired) electrons. The first-order valence-corrected chi connectivity index (χ1v) is 8.46. The van der Waals surface area contributed by atoms with Gasteiger partial charge >= 0.3 is 5.51 Å². The molecule has 6 nitrogen and oxygen atoms in total. The topological polar surface area (TPSA) is 97.7 Å². The van der Waals surface area contributed by atoms with E-state index in [4.69, 9.17) is 4.74 Å². The summed E-state index contributed by atoms with van der Waals surface area (Å²) in [6, 6.07) is 0. The standard InChI is InChI=1S/C8H13F3O6S2/c1-6(19(15,16)8(9,10)11)18(13,14)5-7(12)3-2-4-17-7/h6,12H,2-5H2,1H3. The Morgan fingerprint density at radius 3 is 2.21 bits per heavy atom. The first-order valence-electron chi connectivity index (χ1n) is 5.20. The van der Waals surface area contributed by atoms with Crippen molar-refractivity contribution >= 4 is 19.7 Å². The molecule has 0 spiro atoms. The average molecular weight is 326 g/mol. The van der Waals surface area contributed by atoms with Gasteiger partial charge in [-0.2, -0.15) is 13.2 Å². The third-order valence-corrected chi connectivity index (χ3v) is 7.80. The van der Waals surface area contributed by atoms with E-state index in [0.717, 1.165) is 0 Å². The van der Waals surface area contributed by atoms with Gasteiger partial charge < -0.3 is 9.84 Å². The second-order valence-corrected chi connectivity index (χ2v) is 9.14. The van der Waals surface area contributed by atoms with Gasteiger partial charge in [0.2, 0.25) is 0 Å². The minimum Gasteiger partial charge on any atom is -0.365 e. The quantitative estimate of drug-likeness (QED) is 0.791. The van der Waals surface area contributed by atoms with Crippen molar-refractivity contribution in [2.75, 3.05) is 12.4 Å². The second kappa shape index (κ2) is 4.86. The molecule has 1 aliphatic heterocycles. The SMILES string of the molecule is CC(S(=O)(=O)CC1(O)CCCO1)S(=O)(=O)C(F)(F)F. The minimum atomic E-state index is -5.86. The van der Waals surface area contributed by atoms with Gasteiger partial charge in [-0.3, -0.25) is 0 Å². The molecule has 1 N–H and O–H groups in total. The van der Waals surface area contributed by atoms with Crippen LogP contribution in [-0.2, 0) is 24.4 Å². The molecule has 1 aliphatic rings. The van der Waals surface area contributed by atoms with Crippen molar-refractivity contribution in [1.82, 2.24) is 0 Å². The molecule has 114 valence electrons. The van der Waals surface area contributed by atoms with E-state index in [-0.39, 0.29) is 13.0 Å². The summed E-state index contributed by atoms with van der Waals surface area (Å²) in [5, 5.41) is 9.67. The monoisotopic (exact) mass is 326 g/mol. The van der Waals surface area contributed by atoms with Gasteiger partial charge in [0.15, 0.2) is 20.2 Å². The summed E-state index contributed by atoms with van der Waals surface area (Å²) >= 11 is 0. The molecule has 0 saturated carbocycles. The van der Waals surface area contributed by atoms with Gasteiger partial charge in [-0.1, -0.05) is 0 Å². The molecule has 1 heterocycles. The summed E-state index contributed by atoms with van der Waals surface area (Å²) in [5.74, 6) is -3.30. The highest BCUT2D eigenvalue weighted by Crippen LogP contribution is 2.32. The number of hydrogen-bond donors (Lipinski definition) is 1. The van der Waals surface area contributed by atoms with Crippen LogP contribution < -0.4 is 0 Å². The van der Waals surface area contributed by atoms with E-state index in [9.17, 15) is 35.1 Å². The van der Waals surface area contributed by atoms with E-state index in [1.54, 1.807) is 0 Å². The molecule has 19 heavy (non-hydrogen) atoms. The number of aliphatic hydroxyl groups is 1. The van der Waals surface area contributed by atoms with Gasteiger partial charge in [0.25, 0.3) is 9.84 Å². The lowest BCUT2D eigenvalue weighted by molar-refractivity contribution is -0.152. The van der Waals surface area contributed by atoms with Crippen LogP contribution in [-0.4, -0.2) is 50.2 Å². The van der Waals surface area contributed by atoms with E-state index in [0.29, 0.717) is 13.3 Å². The van der Waals surface area contributed by atoms with Crippen molar-refractivity contribution in [2.45, 2.75) is 35.6 Å². The molecule has 11 heteroatoms. The van der Waals surface area contributed by atoms with E-state index >= 15 is 0 Å². The van der Waals surface area contributed by atoms with Gasteiger partial charge in [-0.25, -0.2) is 16.8 Å². The minimum absolute atomic E-state index is 0.0619. The van der Waals surface area contributed by atoms with Crippen LogP contribution in [0.4, 0.5) is 13.2 Å². The molecule has 1 saturated heterocycles. The molecular formula is C8H13F3O6S2. The summed E-state index contributed by atoms with van der Waals surface area (Å²) < 4.78 is 84.3. The van der Waals surface area contributed by atoms with Crippen LogP contribution in [0.5, 0.6) is 0 Å². The third kappa shape index (κ3) is 3.38. The van der Waals surface area contributed by atoms with Crippen LogP contribution >= 0.6 is 0 Å². The van der Waals surface area contributed by atoms with Crippen molar-refractivity contribution in [2.24, 2.45) is 0 Å². The van der Waals surface area contributed by atoms with Crippen molar-refractivity contribution in [1.29, 1.82) is 0 Å². The molecular weight excluding hydrogens is 313 g/mol. The zero-order chi connectivity index (χ0) is 15.1. The fourth-order valence-electron chi connectivity index (χ4n) is 1.61. The lowest BCUT2D eigenvalue weighted by atomic mass is 10.2. The maximum absolute atomic E-state index is 12.3. The van der Waals surface area contributed by atoms with Gasteiger partial charge in [0.1, 0.15) is 5.75 Å². The normalized spacial score (nSPS) is 27.4. The summed E-state index contributed by atoms with van der Waals surface area (Å²) in [7, 11) is -10.6. The van der Waals surface area contributed by atoms with E-state index in [2.05, 4.69) is 0 Å². The zero-order valence-electron chi connectivity index (χ0n) is 9.84. The Balaban J connectivity index is 3.02. The van der Waals surface area contributed by atoms with Crippen LogP contribution in [0.1, 0.15) is 19.8 Å². The fourth-order valence-corrected chi connectivity index (χ4v) is 5.15. The lowest BCUT2D eigenvalue weighted by Gasteiger charge is -2.23. The lowest BCUT2D eigenvalue weighted by Crippen LogP contribution is -2.44. The molecule has 0 aromatic carbocycles. The van der Waals surface area contributed by atoms with E-state index < -0.39 is 41.3 Å². The van der Waals surface area contributed by atoms with Gasteiger partial charge in [-0.15, -0.1) is 0 Å². The van der Waals surface area contributed by atoms with Crippen molar-refractivity contribution in [3.63, 3.8) is 0 Å². The molecule has 0 aromatic heterocycles. The summed E-state index contributed by atoms with van der Waals surface area (Å²) in [5.41, 5.74) is -5.67. The molecule has 2 atom stereocenters. The van der Waals surface area contributed by atoms with Gasteiger partial charge in [0.05, 0.1) is 6.61 Å². The smallest absolute Gasteiger partial charge is 0.365 e. The molecule has 1 fully saturated rings. The number of rotatable bonds is 4. The number of alkyl halides is 3. The van der Waals surface area contributed by atoms with Gasteiger partial charge in [-0.05, 0) is 13.3 Å².